The molecule has 20 heavy (non-hydrogen) atoms. The van der Waals surface area contributed by atoms with Crippen molar-refractivity contribution in [1.29, 1.82) is 0 Å². The summed E-state index contributed by atoms with van der Waals surface area (Å²) in [5, 5.41) is 10.2. The molecule has 2 rings (SSSR count). The number of esters is 1. The molecule has 8 heteroatoms. The van der Waals surface area contributed by atoms with Crippen molar-refractivity contribution in [2.75, 3.05) is 19.5 Å². The van der Waals surface area contributed by atoms with Crippen LogP contribution in [0.25, 0.3) is 0 Å². The summed E-state index contributed by atoms with van der Waals surface area (Å²) in [6.45, 7) is 0. The maximum Gasteiger partial charge on any atom is 0.369 e. The minimum Gasteiger partial charge on any atom is -0.497 e. The molecule has 0 spiro atoms. The van der Waals surface area contributed by atoms with Crippen LogP contribution in [0, 0.1) is 0 Å². The summed E-state index contributed by atoms with van der Waals surface area (Å²) in [6.07, 6.45) is 0. The highest BCUT2D eigenvalue weighted by molar-refractivity contribution is 7.17. The number of methoxy groups -OCH3 is 2. The van der Waals surface area contributed by atoms with Gasteiger partial charge in [0.2, 0.25) is 10.1 Å². The fourth-order valence-corrected chi connectivity index (χ4v) is 2.01. The van der Waals surface area contributed by atoms with Crippen LogP contribution in [-0.2, 0) is 4.74 Å². The number of carbonyl (C=O) groups excluding carboxylic acids is 2. The van der Waals surface area contributed by atoms with Gasteiger partial charge in [-0.05, 0) is 24.3 Å². The summed E-state index contributed by atoms with van der Waals surface area (Å²) in [5.41, 5.74) is 0.445. The lowest BCUT2D eigenvalue weighted by atomic mass is 10.2. The Morgan fingerprint density at radius 1 is 1.15 bits per heavy atom. The van der Waals surface area contributed by atoms with Crippen LogP contribution in [0.15, 0.2) is 24.3 Å². The van der Waals surface area contributed by atoms with Gasteiger partial charge in [-0.15, -0.1) is 10.2 Å². The molecule has 1 heterocycles. The third-order valence-electron chi connectivity index (χ3n) is 2.36. The first-order valence-corrected chi connectivity index (χ1v) is 6.33. The largest absolute Gasteiger partial charge is 0.497 e. The Morgan fingerprint density at radius 2 is 1.85 bits per heavy atom. The molecule has 0 fully saturated rings. The van der Waals surface area contributed by atoms with Gasteiger partial charge < -0.3 is 9.47 Å². The number of amides is 1. The van der Waals surface area contributed by atoms with Gasteiger partial charge >= 0.3 is 5.97 Å². The standard InChI is InChI=1S/C12H11N3O4S/c1-18-8-5-3-7(4-6-8)9(16)13-12-15-14-10(20-12)11(17)19-2/h3-6H,1-2H3,(H,13,15,16). The van der Waals surface area contributed by atoms with Gasteiger partial charge in [-0.25, -0.2) is 4.79 Å². The van der Waals surface area contributed by atoms with Gasteiger partial charge in [0.15, 0.2) is 0 Å². The van der Waals surface area contributed by atoms with Crippen molar-refractivity contribution in [3.63, 3.8) is 0 Å². The number of carbonyl (C=O) groups is 2. The van der Waals surface area contributed by atoms with E-state index in [1.54, 1.807) is 31.4 Å². The highest BCUT2D eigenvalue weighted by Gasteiger charge is 2.15. The minimum absolute atomic E-state index is 0.0810. The zero-order valence-corrected chi connectivity index (χ0v) is 11.6. The summed E-state index contributed by atoms with van der Waals surface area (Å²) >= 11 is 0.943. The van der Waals surface area contributed by atoms with Gasteiger partial charge in [0.25, 0.3) is 5.91 Å². The molecule has 0 saturated heterocycles. The van der Waals surface area contributed by atoms with Crippen LogP contribution >= 0.6 is 11.3 Å². The molecule has 0 radical (unpaired) electrons. The molecule has 0 bridgehead atoms. The van der Waals surface area contributed by atoms with Gasteiger partial charge in [-0.2, -0.15) is 0 Å². The van der Waals surface area contributed by atoms with Crippen LogP contribution < -0.4 is 10.1 Å². The number of nitrogens with one attached hydrogen (secondary N) is 1. The van der Waals surface area contributed by atoms with Crippen LogP contribution in [0.4, 0.5) is 5.13 Å². The molecule has 0 atom stereocenters. The van der Waals surface area contributed by atoms with E-state index in [0.29, 0.717) is 11.3 Å². The van der Waals surface area contributed by atoms with E-state index in [1.165, 1.54) is 7.11 Å². The van der Waals surface area contributed by atoms with E-state index in [4.69, 9.17) is 4.74 Å². The molecule has 1 aromatic carbocycles. The molecule has 0 aliphatic rings. The van der Waals surface area contributed by atoms with Crippen molar-refractivity contribution in [3.8, 4) is 5.75 Å². The second kappa shape index (κ2) is 6.11. The van der Waals surface area contributed by atoms with E-state index in [0.717, 1.165) is 11.3 Å². The van der Waals surface area contributed by atoms with Gasteiger partial charge in [0, 0.05) is 5.56 Å². The number of rotatable bonds is 4. The zero-order valence-electron chi connectivity index (χ0n) is 10.7. The summed E-state index contributed by atoms with van der Waals surface area (Å²) in [7, 11) is 2.80. The molecule has 1 aromatic heterocycles. The first-order chi connectivity index (χ1) is 9.63. The predicted octanol–water partition coefficient (Wildman–Crippen LogP) is 1.59. The van der Waals surface area contributed by atoms with Gasteiger partial charge in [-0.3, -0.25) is 10.1 Å². The molecule has 2 aromatic rings. The summed E-state index contributed by atoms with van der Waals surface area (Å²) in [6, 6.07) is 6.59. The molecule has 0 aliphatic heterocycles. The van der Waals surface area contributed by atoms with Gasteiger partial charge in [0.05, 0.1) is 14.2 Å². The maximum absolute atomic E-state index is 11.9. The molecule has 1 amide bonds. The lowest BCUT2D eigenvalue weighted by Gasteiger charge is -2.02. The monoisotopic (exact) mass is 293 g/mol. The number of nitrogens with zero attached hydrogens (tertiary/aromatic N) is 2. The number of ether oxygens (including phenoxy) is 2. The summed E-state index contributed by atoms with van der Waals surface area (Å²) in [5.74, 6) is -0.280. The van der Waals surface area contributed by atoms with Gasteiger partial charge in [-0.1, -0.05) is 11.3 Å². The fraction of sp³-hybridized carbons (Fsp3) is 0.167. The average Bonchev–Trinajstić information content (AvgIpc) is 2.95. The topological polar surface area (TPSA) is 90.4 Å². The molecular weight excluding hydrogens is 282 g/mol. The highest BCUT2D eigenvalue weighted by atomic mass is 32.1. The van der Waals surface area contributed by atoms with Crippen molar-refractivity contribution >= 4 is 28.3 Å². The molecule has 0 unspecified atom stereocenters. The predicted molar refractivity (Wildman–Crippen MR) is 72.2 cm³/mol. The number of hydrogen-bond acceptors (Lipinski definition) is 7. The minimum atomic E-state index is -0.590. The van der Waals surface area contributed by atoms with Crippen molar-refractivity contribution in [2.45, 2.75) is 0 Å². The van der Waals surface area contributed by atoms with E-state index in [2.05, 4.69) is 20.3 Å². The Balaban J connectivity index is 2.07. The first kappa shape index (κ1) is 13.9. The van der Waals surface area contributed by atoms with Crippen LogP contribution in [-0.4, -0.2) is 36.3 Å². The molecule has 7 nitrogen and oxygen atoms in total. The third-order valence-corrected chi connectivity index (χ3v) is 3.18. The smallest absolute Gasteiger partial charge is 0.369 e. The van der Waals surface area contributed by atoms with Crippen LogP contribution in [0.3, 0.4) is 0 Å². The Morgan fingerprint density at radius 3 is 2.45 bits per heavy atom. The lowest BCUT2D eigenvalue weighted by Crippen LogP contribution is -2.11. The van der Waals surface area contributed by atoms with Crippen LogP contribution in [0.1, 0.15) is 20.2 Å². The van der Waals surface area contributed by atoms with Crippen molar-refractivity contribution in [2.24, 2.45) is 0 Å². The Kier molecular flexibility index (Phi) is 4.26. The quantitative estimate of drug-likeness (QED) is 0.861. The molecular formula is C12H11N3O4S. The van der Waals surface area contributed by atoms with E-state index in [1.807, 2.05) is 0 Å². The number of benzene rings is 1. The Labute approximate surface area is 118 Å². The van der Waals surface area contributed by atoms with Crippen LogP contribution in [0.2, 0.25) is 0 Å². The van der Waals surface area contributed by atoms with E-state index >= 15 is 0 Å². The highest BCUT2D eigenvalue weighted by Crippen LogP contribution is 2.18. The lowest BCUT2D eigenvalue weighted by molar-refractivity contribution is 0.0599. The first-order valence-electron chi connectivity index (χ1n) is 5.51. The molecule has 0 saturated carbocycles. The van der Waals surface area contributed by atoms with Crippen LogP contribution in [0.5, 0.6) is 5.75 Å². The van der Waals surface area contributed by atoms with Crippen molar-refractivity contribution in [1.82, 2.24) is 10.2 Å². The Bertz CT molecular complexity index is 624. The average molecular weight is 293 g/mol. The fourth-order valence-electron chi connectivity index (χ4n) is 1.36. The number of anilines is 1. The van der Waals surface area contributed by atoms with E-state index in [-0.39, 0.29) is 16.0 Å². The number of aromatic nitrogens is 2. The molecule has 0 aliphatic carbocycles. The summed E-state index contributed by atoms with van der Waals surface area (Å²) < 4.78 is 9.51. The van der Waals surface area contributed by atoms with Crippen molar-refractivity contribution < 1.29 is 19.1 Å². The van der Waals surface area contributed by atoms with Gasteiger partial charge in [0.1, 0.15) is 5.75 Å². The normalized spacial score (nSPS) is 9.90. The number of hydrogen-bond donors (Lipinski definition) is 1. The SMILES string of the molecule is COC(=O)c1nnc(NC(=O)c2ccc(OC)cc2)s1. The molecule has 1 N–H and O–H groups in total. The molecule has 104 valence electrons. The second-order valence-electron chi connectivity index (χ2n) is 3.59. The van der Waals surface area contributed by atoms with E-state index in [9.17, 15) is 9.59 Å². The van der Waals surface area contributed by atoms with E-state index < -0.39 is 5.97 Å². The Hall–Kier alpha value is -2.48. The zero-order chi connectivity index (χ0) is 14.5. The third kappa shape index (κ3) is 3.09. The second-order valence-corrected chi connectivity index (χ2v) is 4.56. The van der Waals surface area contributed by atoms with Crippen molar-refractivity contribution in [3.05, 3.63) is 34.8 Å². The maximum atomic E-state index is 11.9. The summed E-state index contributed by atoms with van der Waals surface area (Å²) in [4.78, 5) is 23.1.